The number of nitrogens with zero attached hydrogens (tertiary/aromatic N) is 2. The van der Waals surface area contributed by atoms with Gasteiger partial charge in [0.05, 0.1) is 25.8 Å². The second-order valence-corrected chi connectivity index (χ2v) is 7.68. The molecule has 1 aliphatic rings. The van der Waals surface area contributed by atoms with Crippen molar-refractivity contribution < 1.29 is 14.3 Å². The van der Waals surface area contributed by atoms with Gasteiger partial charge >= 0.3 is 5.97 Å². The predicted molar refractivity (Wildman–Crippen MR) is 110 cm³/mol. The number of nitriles is 1. The van der Waals surface area contributed by atoms with Crippen LogP contribution in [0.1, 0.15) is 30.1 Å². The van der Waals surface area contributed by atoms with Crippen molar-refractivity contribution in [3.05, 3.63) is 40.2 Å². The summed E-state index contributed by atoms with van der Waals surface area (Å²) in [5.41, 5.74) is 1.63. The maximum absolute atomic E-state index is 12.6. The lowest BCUT2D eigenvalue weighted by atomic mass is 10.0. The molecule has 1 fully saturated rings. The molecule has 0 unspecified atom stereocenters. The summed E-state index contributed by atoms with van der Waals surface area (Å²) < 4.78 is 5.20. The van der Waals surface area contributed by atoms with Crippen LogP contribution in [0.2, 0.25) is 5.02 Å². The summed E-state index contributed by atoms with van der Waals surface area (Å²) in [4.78, 5) is 27.0. The molecule has 1 N–H and O–H groups in total. The Hall–Kier alpha value is -2.40. The lowest BCUT2D eigenvalue weighted by Crippen LogP contribution is -2.35. The maximum Gasteiger partial charge on any atom is 0.341 e. The van der Waals surface area contributed by atoms with Gasteiger partial charge in [0.15, 0.2) is 0 Å². The molecule has 0 bridgehead atoms. The highest BCUT2D eigenvalue weighted by molar-refractivity contribution is 7.15. The van der Waals surface area contributed by atoms with Gasteiger partial charge in [-0.3, -0.25) is 9.69 Å². The van der Waals surface area contributed by atoms with Gasteiger partial charge in [-0.1, -0.05) is 29.8 Å². The van der Waals surface area contributed by atoms with E-state index < -0.39 is 5.97 Å². The highest BCUT2D eigenvalue weighted by Crippen LogP contribution is 2.39. The van der Waals surface area contributed by atoms with Crippen LogP contribution in [0, 0.1) is 11.3 Å². The fourth-order valence-corrected chi connectivity index (χ4v) is 4.13. The van der Waals surface area contributed by atoms with Crippen LogP contribution in [-0.4, -0.2) is 42.5 Å². The van der Waals surface area contributed by atoms with E-state index in [0.29, 0.717) is 26.7 Å². The van der Waals surface area contributed by atoms with E-state index in [9.17, 15) is 9.59 Å². The monoisotopic (exact) mass is 417 g/mol. The molecule has 1 amide bonds. The molecule has 1 aromatic carbocycles. The van der Waals surface area contributed by atoms with Gasteiger partial charge in [-0.05, 0) is 25.8 Å². The molecule has 1 saturated carbocycles. The minimum atomic E-state index is -0.509. The van der Waals surface area contributed by atoms with Crippen molar-refractivity contribution in [1.29, 1.82) is 5.26 Å². The zero-order chi connectivity index (χ0) is 20.1. The Morgan fingerprint density at radius 2 is 2.11 bits per heavy atom. The van der Waals surface area contributed by atoms with Crippen molar-refractivity contribution in [2.45, 2.75) is 25.8 Å². The van der Waals surface area contributed by atoms with Crippen molar-refractivity contribution in [1.82, 2.24) is 4.90 Å². The first-order valence-electron chi connectivity index (χ1n) is 8.99. The SMILES string of the molecule is CCOC(=O)c1c(-c2ccccc2Cl)csc1NC(=O)CN(CC#N)C1CC1. The van der Waals surface area contributed by atoms with E-state index in [4.69, 9.17) is 21.6 Å². The number of thiophene rings is 1. The summed E-state index contributed by atoms with van der Waals surface area (Å²) in [5, 5.41) is 14.5. The molecule has 6 nitrogen and oxygen atoms in total. The van der Waals surface area contributed by atoms with Gasteiger partial charge in [-0.15, -0.1) is 11.3 Å². The van der Waals surface area contributed by atoms with E-state index in [1.54, 1.807) is 18.4 Å². The van der Waals surface area contributed by atoms with E-state index in [-0.39, 0.29) is 31.6 Å². The molecule has 0 aliphatic heterocycles. The maximum atomic E-state index is 12.6. The van der Waals surface area contributed by atoms with E-state index in [1.807, 2.05) is 23.1 Å². The highest BCUT2D eigenvalue weighted by atomic mass is 35.5. The number of anilines is 1. The Morgan fingerprint density at radius 1 is 1.36 bits per heavy atom. The molecule has 1 aromatic heterocycles. The summed E-state index contributed by atoms with van der Waals surface area (Å²) in [6, 6.07) is 9.60. The first kappa shape index (κ1) is 20.3. The highest BCUT2D eigenvalue weighted by Gasteiger charge is 2.31. The molecule has 0 spiro atoms. The molecule has 0 saturated heterocycles. The van der Waals surface area contributed by atoms with Crippen LogP contribution in [0.15, 0.2) is 29.6 Å². The number of benzene rings is 1. The molecule has 2 aromatic rings. The van der Waals surface area contributed by atoms with Gasteiger partial charge in [0, 0.05) is 27.6 Å². The molecule has 146 valence electrons. The number of amides is 1. The number of halogens is 1. The fraction of sp³-hybridized carbons (Fsp3) is 0.350. The van der Waals surface area contributed by atoms with Gasteiger partial charge < -0.3 is 10.1 Å². The molecule has 28 heavy (non-hydrogen) atoms. The molecule has 0 atom stereocenters. The topological polar surface area (TPSA) is 82.4 Å². The number of hydrogen-bond acceptors (Lipinski definition) is 6. The van der Waals surface area contributed by atoms with Gasteiger partial charge in [0.25, 0.3) is 0 Å². The summed E-state index contributed by atoms with van der Waals surface area (Å²) in [7, 11) is 0. The number of esters is 1. The molecule has 0 radical (unpaired) electrons. The third-order valence-electron chi connectivity index (χ3n) is 4.37. The van der Waals surface area contributed by atoms with Crippen LogP contribution in [-0.2, 0) is 9.53 Å². The van der Waals surface area contributed by atoms with Crippen LogP contribution in [0.3, 0.4) is 0 Å². The summed E-state index contributed by atoms with van der Waals surface area (Å²) in [5.74, 6) is -0.773. The van der Waals surface area contributed by atoms with Crippen molar-refractivity contribution in [3.8, 4) is 17.2 Å². The second kappa shape index (κ2) is 9.20. The average molecular weight is 418 g/mol. The number of nitrogens with one attached hydrogen (secondary N) is 1. The summed E-state index contributed by atoms with van der Waals surface area (Å²) >= 11 is 7.55. The zero-order valence-electron chi connectivity index (χ0n) is 15.4. The quantitative estimate of drug-likeness (QED) is 0.514. The minimum absolute atomic E-state index is 0.111. The Bertz CT molecular complexity index is 918. The molecule has 1 heterocycles. The first-order valence-corrected chi connectivity index (χ1v) is 10.2. The first-order chi connectivity index (χ1) is 13.5. The Kier molecular flexibility index (Phi) is 6.68. The summed E-state index contributed by atoms with van der Waals surface area (Å²) in [6.07, 6.45) is 2.00. The van der Waals surface area contributed by atoms with E-state index in [0.717, 1.165) is 12.8 Å². The van der Waals surface area contributed by atoms with Gasteiger partial charge in [0.1, 0.15) is 10.6 Å². The van der Waals surface area contributed by atoms with Crippen LogP contribution in [0.5, 0.6) is 0 Å². The number of ether oxygens (including phenoxy) is 1. The fourth-order valence-electron chi connectivity index (χ4n) is 2.93. The van der Waals surface area contributed by atoms with Crippen LogP contribution in [0.25, 0.3) is 11.1 Å². The lowest BCUT2D eigenvalue weighted by Gasteiger charge is -2.17. The Morgan fingerprint density at radius 3 is 2.75 bits per heavy atom. The third kappa shape index (κ3) is 4.71. The minimum Gasteiger partial charge on any atom is -0.462 e. The largest absolute Gasteiger partial charge is 0.462 e. The number of carbonyl (C=O) groups excluding carboxylic acids is 2. The second-order valence-electron chi connectivity index (χ2n) is 6.40. The van der Waals surface area contributed by atoms with Crippen LogP contribution in [0.4, 0.5) is 5.00 Å². The van der Waals surface area contributed by atoms with E-state index in [2.05, 4.69) is 11.4 Å². The number of hydrogen-bond donors (Lipinski definition) is 1. The van der Waals surface area contributed by atoms with E-state index >= 15 is 0 Å². The smallest absolute Gasteiger partial charge is 0.341 e. The van der Waals surface area contributed by atoms with Gasteiger partial charge in [-0.2, -0.15) is 5.26 Å². The van der Waals surface area contributed by atoms with E-state index in [1.165, 1.54) is 11.3 Å². The van der Waals surface area contributed by atoms with Crippen molar-refractivity contribution in [2.24, 2.45) is 0 Å². The lowest BCUT2D eigenvalue weighted by molar-refractivity contribution is -0.117. The van der Waals surface area contributed by atoms with Crippen LogP contribution < -0.4 is 5.32 Å². The zero-order valence-corrected chi connectivity index (χ0v) is 17.0. The number of carbonyl (C=O) groups is 2. The average Bonchev–Trinajstić information content (AvgIpc) is 3.43. The Labute approximate surface area is 172 Å². The molecule has 8 heteroatoms. The van der Waals surface area contributed by atoms with Crippen molar-refractivity contribution in [2.75, 3.05) is 25.0 Å². The van der Waals surface area contributed by atoms with Gasteiger partial charge in [0.2, 0.25) is 5.91 Å². The summed E-state index contributed by atoms with van der Waals surface area (Å²) in [6.45, 7) is 2.27. The molecule has 3 rings (SSSR count). The standard InChI is InChI=1S/C20H20ClN3O3S/c1-2-27-20(26)18-15(14-5-3-4-6-16(14)21)12-28-19(18)23-17(25)11-24(10-9-22)13-7-8-13/h3-6,12-13H,2,7-8,10-11H2,1H3,(H,23,25). The van der Waals surface area contributed by atoms with Crippen molar-refractivity contribution in [3.63, 3.8) is 0 Å². The molecular formula is C20H20ClN3O3S. The number of rotatable bonds is 8. The third-order valence-corrected chi connectivity index (χ3v) is 5.60. The predicted octanol–water partition coefficient (Wildman–Crippen LogP) is 4.17. The molecule has 1 aliphatic carbocycles. The van der Waals surface area contributed by atoms with Gasteiger partial charge in [-0.25, -0.2) is 4.79 Å². The van der Waals surface area contributed by atoms with Crippen molar-refractivity contribution >= 4 is 39.8 Å². The molecular weight excluding hydrogens is 398 g/mol. The normalized spacial score (nSPS) is 13.2. The van der Waals surface area contributed by atoms with Crippen LogP contribution >= 0.6 is 22.9 Å². The Balaban J connectivity index is 1.86.